The summed E-state index contributed by atoms with van der Waals surface area (Å²) >= 11 is 1.56. The van der Waals surface area contributed by atoms with Crippen molar-refractivity contribution in [3.8, 4) is 0 Å². The topological polar surface area (TPSA) is 55.4 Å². The lowest BCUT2D eigenvalue weighted by atomic mass is 9.89. The van der Waals surface area contributed by atoms with E-state index in [-0.39, 0.29) is 17.8 Å². The molecule has 22 heavy (non-hydrogen) atoms. The molecule has 0 radical (unpaired) electrons. The summed E-state index contributed by atoms with van der Waals surface area (Å²) in [4.78, 5) is 26.0. The molecule has 0 bridgehead atoms. The number of aryl methyl sites for hydroxylation is 1. The Morgan fingerprint density at radius 1 is 1.18 bits per heavy atom. The number of carbonyl (C=O) groups is 2. The SMILES string of the molecule is CCOC(=O)c1c(NC(=O)C2CCCCC2)sc2c1CCC2. The van der Waals surface area contributed by atoms with Crippen LogP contribution in [0, 0.1) is 5.92 Å². The highest BCUT2D eigenvalue weighted by atomic mass is 32.1. The Morgan fingerprint density at radius 2 is 1.95 bits per heavy atom. The first-order valence-electron chi connectivity index (χ1n) is 8.33. The number of fused-ring (bicyclic) bond motifs is 1. The van der Waals surface area contributed by atoms with E-state index >= 15 is 0 Å². The highest BCUT2D eigenvalue weighted by Crippen LogP contribution is 2.40. The smallest absolute Gasteiger partial charge is 0.341 e. The summed E-state index contributed by atoms with van der Waals surface area (Å²) in [7, 11) is 0. The molecule has 0 aromatic carbocycles. The second kappa shape index (κ2) is 6.82. The van der Waals surface area contributed by atoms with Crippen molar-refractivity contribution in [3.05, 3.63) is 16.0 Å². The predicted octanol–water partition coefficient (Wildman–Crippen LogP) is 3.93. The molecule has 1 saturated carbocycles. The van der Waals surface area contributed by atoms with Crippen molar-refractivity contribution >= 4 is 28.2 Å². The Bertz CT molecular complexity index is 573. The largest absolute Gasteiger partial charge is 0.462 e. The van der Waals surface area contributed by atoms with Gasteiger partial charge in [-0.1, -0.05) is 19.3 Å². The van der Waals surface area contributed by atoms with Gasteiger partial charge in [-0.05, 0) is 44.6 Å². The van der Waals surface area contributed by atoms with Gasteiger partial charge in [0.15, 0.2) is 0 Å². The number of hydrogen-bond donors (Lipinski definition) is 1. The lowest BCUT2D eigenvalue weighted by Gasteiger charge is -2.20. The molecule has 1 heterocycles. The van der Waals surface area contributed by atoms with Crippen molar-refractivity contribution in [2.45, 2.75) is 58.3 Å². The van der Waals surface area contributed by atoms with Crippen LogP contribution in [0.1, 0.15) is 66.2 Å². The molecule has 2 aliphatic rings. The quantitative estimate of drug-likeness (QED) is 0.855. The van der Waals surface area contributed by atoms with Gasteiger partial charge < -0.3 is 10.1 Å². The van der Waals surface area contributed by atoms with E-state index in [0.717, 1.165) is 50.5 Å². The first kappa shape index (κ1) is 15.5. The molecule has 3 rings (SSSR count). The molecule has 0 spiro atoms. The minimum atomic E-state index is -0.291. The second-order valence-corrected chi connectivity index (χ2v) is 7.21. The Balaban J connectivity index is 1.80. The van der Waals surface area contributed by atoms with Gasteiger partial charge in [-0.25, -0.2) is 4.79 Å². The maximum Gasteiger partial charge on any atom is 0.341 e. The number of anilines is 1. The van der Waals surface area contributed by atoms with Crippen molar-refractivity contribution < 1.29 is 14.3 Å². The van der Waals surface area contributed by atoms with Crippen molar-refractivity contribution in [1.82, 2.24) is 0 Å². The monoisotopic (exact) mass is 321 g/mol. The number of nitrogens with one attached hydrogen (secondary N) is 1. The molecule has 1 amide bonds. The highest BCUT2D eigenvalue weighted by molar-refractivity contribution is 7.17. The third-order valence-electron chi connectivity index (χ3n) is 4.61. The number of esters is 1. The lowest BCUT2D eigenvalue weighted by molar-refractivity contribution is -0.120. The normalized spacial score (nSPS) is 18.0. The minimum Gasteiger partial charge on any atom is -0.462 e. The van der Waals surface area contributed by atoms with Gasteiger partial charge in [0.2, 0.25) is 5.91 Å². The van der Waals surface area contributed by atoms with Gasteiger partial charge >= 0.3 is 5.97 Å². The van der Waals surface area contributed by atoms with E-state index in [1.807, 2.05) is 6.92 Å². The summed E-state index contributed by atoms with van der Waals surface area (Å²) in [5, 5.41) is 3.73. The maximum atomic E-state index is 12.5. The van der Waals surface area contributed by atoms with Crippen molar-refractivity contribution in [2.24, 2.45) is 5.92 Å². The number of thiophene rings is 1. The van der Waals surface area contributed by atoms with E-state index in [4.69, 9.17) is 4.74 Å². The van der Waals surface area contributed by atoms with Gasteiger partial charge in [0, 0.05) is 10.8 Å². The van der Waals surface area contributed by atoms with Crippen LogP contribution in [0.5, 0.6) is 0 Å². The van der Waals surface area contributed by atoms with Gasteiger partial charge in [0.1, 0.15) is 5.00 Å². The van der Waals surface area contributed by atoms with E-state index < -0.39 is 0 Å². The van der Waals surface area contributed by atoms with E-state index in [1.165, 1.54) is 11.3 Å². The summed E-state index contributed by atoms with van der Waals surface area (Å²) in [6, 6.07) is 0. The van der Waals surface area contributed by atoms with Gasteiger partial charge in [-0.2, -0.15) is 0 Å². The molecule has 1 N–H and O–H groups in total. The van der Waals surface area contributed by atoms with Crippen LogP contribution in [0.2, 0.25) is 0 Å². The highest BCUT2D eigenvalue weighted by Gasteiger charge is 2.30. The number of rotatable bonds is 4. The van der Waals surface area contributed by atoms with E-state index in [1.54, 1.807) is 11.3 Å². The summed E-state index contributed by atoms with van der Waals surface area (Å²) in [6.45, 7) is 2.17. The molecular formula is C17H23NO3S. The molecule has 0 atom stereocenters. The van der Waals surface area contributed by atoms with Crippen molar-refractivity contribution in [2.75, 3.05) is 11.9 Å². The predicted molar refractivity (Wildman–Crippen MR) is 87.5 cm³/mol. The van der Waals surface area contributed by atoms with Crippen LogP contribution in [0.3, 0.4) is 0 Å². The first-order valence-corrected chi connectivity index (χ1v) is 9.15. The summed E-state index contributed by atoms with van der Waals surface area (Å²) in [5.41, 5.74) is 1.71. The Hall–Kier alpha value is -1.36. The average Bonchev–Trinajstić information content (AvgIpc) is 3.08. The summed E-state index contributed by atoms with van der Waals surface area (Å²) in [6.07, 6.45) is 8.42. The zero-order chi connectivity index (χ0) is 15.5. The molecule has 1 aromatic heterocycles. The van der Waals surface area contributed by atoms with E-state index in [9.17, 15) is 9.59 Å². The molecule has 1 fully saturated rings. The van der Waals surface area contributed by atoms with Gasteiger partial charge in [0.05, 0.1) is 12.2 Å². The molecule has 1 aromatic rings. The summed E-state index contributed by atoms with van der Waals surface area (Å²) in [5.74, 6) is -0.119. The lowest BCUT2D eigenvalue weighted by Crippen LogP contribution is -2.25. The Labute approximate surface area is 135 Å². The fourth-order valence-electron chi connectivity index (χ4n) is 3.49. The first-order chi connectivity index (χ1) is 10.7. The fraction of sp³-hybridized carbons (Fsp3) is 0.647. The fourth-order valence-corrected chi connectivity index (χ4v) is 4.77. The number of ether oxygens (including phenoxy) is 1. The number of carbonyl (C=O) groups excluding carboxylic acids is 2. The van der Waals surface area contributed by atoms with Crippen LogP contribution in [-0.4, -0.2) is 18.5 Å². The molecule has 4 nitrogen and oxygen atoms in total. The molecular weight excluding hydrogens is 298 g/mol. The minimum absolute atomic E-state index is 0.0742. The van der Waals surface area contributed by atoms with Crippen LogP contribution in [0.25, 0.3) is 0 Å². The third kappa shape index (κ3) is 3.05. The maximum absolute atomic E-state index is 12.5. The third-order valence-corrected chi connectivity index (χ3v) is 5.82. The molecule has 0 aliphatic heterocycles. The second-order valence-electron chi connectivity index (χ2n) is 6.11. The summed E-state index contributed by atoms with van der Waals surface area (Å²) < 4.78 is 5.20. The molecule has 0 saturated heterocycles. The van der Waals surface area contributed by atoms with Crippen LogP contribution in [0.15, 0.2) is 0 Å². The van der Waals surface area contributed by atoms with Gasteiger partial charge in [-0.3, -0.25) is 4.79 Å². The van der Waals surface area contributed by atoms with Gasteiger partial charge in [0.25, 0.3) is 0 Å². The molecule has 120 valence electrons. The van der Waals surface area contributed by atoms with Crippen molar-refractivity contribution in [1.29, 1.82) is 0 Å². The van der Waals surface area contributed by atoms with Crippen LogP contribution >= 0.6 is 11.3 Å². The molecule has 2 aliphatic carbocycles. The Kier molecular flexibility index (Phi) is 4.81. The van der Waals surface area contributed by atoms with Crippen LogP contribution < -0.4 is 5.32 Å². The van der Waals surface area contributed by atoms with Crippen LogP contribution in [-0.2, 0) is 22.4 Å². The Morgan fingerprint density at radius 3 is 2.68 bits per heavy atom. The zero-order valence-corrected chi connectivity index (χ0v) is 13.9. The number of amides is 1. The number of hydrogen-bond acceptors (Lipinski definition) is 4. The molecule has 0 unspecified atom stereocenters. The molecule has 5 heteroatoms. The standard InChI is InChI=1S/C17H23NO3S/c1-2-21-17(20)14-12-9-6-10-13(12)22-16(14)18-15(19)11-7-4-3-5-8-11/h11H,2-10H2,1H3,(H,18,19). The zero-order valence-electron chi connectivity index (χ0n) is 13.1. The van der Waals surface area contributed by atoms with E-state index in [0.29, 0.717) is 17.2 Å². The van der Waals surface area contributed by atoms with Crippen molar-refractivity contribution in [3.63, 3.8) is 0 Å². The van der Waals surface area contributed by atoms with Gasteiger partial charge in [-0.15, -0.1) is 11.3 Å². The van der Waals surface area contributed by atoms with Crippen LogP contribution in [0.4, 0.5) is 5.00 Å². The van der Waals surface area contributed by atoms with E-state index in [2.05, 4.69) is 5.32 Å². The average molecular weight is 321 g/mol.